The number of hydrogen-bond acceptors (Lipinski definition) is 4. The second kappa shape index (κ2) is 7.26. The van der Waals surface area contributed by atoms with Crippen LogP contribution in [-0.4, -0.2) is 31.3 Å². The zero-order valence-electron chi connectivity index (χ0n) is 11.3. The molecular formula is C15H21NO3. The Labute approximate surface area is 114 Å². The van der Waals surface area contributed by atoms with Gasteiger partial charge in [0.05, 0.1) is 13.2 Å². The van der Waals surface area contributed by atoms with E-state index >= 15 is 0 Å². The number of hydrogen-bond donors (Lipinski definition) is 0. The van der Waals surface area contributed by atoms with E-state index in [1.54, 1.807) is 0 Å². The molecule has 0 bridgehead atoms. The molecule has 19 heavy (non-hydrogen) atoms. The summed E-state index contributed by atoms with van der Waals surface area (Å²) in [5.74, 6) is 0.800. The molecule has 2 atom stereocenters. The van der Waals surface area contributed by atoms with E-state index in [-0.39, 0.29) is 0 Å². The van der Waals surface area contributed by atoms with Crippen LogP contribution in [0.4, 0.5) is 0 Å². The molecule has 2 fully saturated rings. The summed E-state index contributed by atoms with van der Waals surface area (Å²) in [5, 5.41) is 2.14. The maximum atomic E-state index is 8.95. The van der Waals surface area contributed by atoms with Crippen molar-refractivity contribution in [2.24, 2.45) is 5.92 Å². The number of fused-ring (bicyclic) bond motifs is 1. The van der Waals surface area contributed by atoms with E-state index in [1.165, 1.54) is 31.9 Å². The second-order valence-corrected chi connectivity index (χ2v) is 4.97. The first kappa shape index (κ1) is 14.0. The van der Waals surface area contributed by atoms with Gasteiger partial charge in [-0.15, -0.1) is 0 Å². The number of hydroxylamine groups is 2. The number of nitrogens with zero attached hydrogens (tertiary/aromatic N) is 1. The fourth-order valence-electron chi connectivity index (χ4n) is 2.74. The molecule has 1 aliphatic heterocycles. The van der Waals surface area contributed by atoms with Crippen LogP contribution in [0.15, 0.2) is 30.3 Å². The van der Waals surface area contributed by atoms with E-state index in [0.29, 0.717) is 12.6 Å². The van der Waals surface area contributed by atoms with Gasteiger partial charge in [-0.1, -0.05) is 36.8 Å². The van der Waals surface area contributed by atoms with E-state index in [0.717, 1.165) is 19.0 Å². The SMILES string of the molecule is COC=O.c1ccc(CN2C[C@H]3CCC[C@H]3O2)cc1. The lowest BCUT2D eigenvalue weighted by molar-refractivity contribution is -0.152. The maximum absolute atomic E-state index is 8.95. The van der Waals surface area contributed by atoms with Crippen LogP contribution >= 0.6 is 0 Å². The quantitative estimate of drug-likeness (QED) is 0.785. The molecule has 104 valence electrons. The van der Waals surface area contributed by atoms with Crippen molar-refractivity contribution in [3.63, 3.8) is 0 Å². The van der Waals surface area contributed by atoms with Crippen LogP contribution in [0.5, 0.6) is 0 Å². The third-order valence-corrected chi connectivity index (χ3v) is 3.61. The Bertz CT molecular complexity index is 370. The smallest absolute Gasteiger partial charge is 0.292 e. The summed E-state index contributed by atoms with van der Waals surface area (Å²) in [6, 6.07) is 10.6. The maximum Gasteiger partial charge on any atom is 0.292 e. The van der Waals surface area contributed by atoms with E-state index in [1.807, 2.05) is 0 Å². The van der Waals surface area contributed by atoms with Gasteiger partial charge in [-0.3, -0.25) is 9.63 Å². The monoisotopic (exact) mass is 263 g/mol. The molecule has 0 N–H and O–H groups in total. The van der Waals surface area contributed by atoms with E-state index in [9.17, 15) is 0 Å². The predicted molar refractivity (Wildman–Crippen MR) is 72.1 cm³/mol. The average Bonchev–Trinajstić information content (AvgIpc) is 3.01. The van der Waals surface area contributed by atoms with Crippen LogP contribution in [-0.2, 0) is 20.9 Å². The fourth-order valence-corrected chi connectivity index (χ4v) is 2.74. The Morgan fingerprint density at radius 1 is 1.37 bits per heavy atom. The lowest BCUT2D eigenvalue weighted by Gasteiger charge is -2.15. The Morgan fingerprint density at radius 3 is 2.74 bits per heavy atom. The van der Waals surface area contributed by atoms with Crippen LogP contribution in [0.3, 0.4) is 0 Å². The van der Waals surface area contributed by atoms with Gasteiger partial charge in [0.25, 0.3) is 6.47 Å². The highest BCUT2D eigenvalue weighted by molar-refractivity contribution is 5.36. The first-order valence-electron chi connectivity index (χ1n) is 6.75. The van der Waals surface area contributed by atoms with Gasteiger partial charge in [0, 0.05) is 19.0 Å². The highest BCUT2D eigenvalue weighted by atomic mass is 16.7. The Hall–Kier alpha value is -1.39. The fraction of sp³-hybridized carbons (Fsp3) is 0.533. The Kier molecular flexibility index (Phi) is 5.36. The van der Waals surface area contributed by atoms with Gasteiger partial charge in [0.1, 0.15) is 0 Å². The van der Waals surface area contributed by atoms with Crippen molar-refractivity contribution in [1.82, 2.24) is 5.06 Å². The molecular weight excluding hydrogens is 242 g/mol. The van der Waals surface area contributed by atoms with Gasteiger partial charge >= 0.3 is 0 Å². The van der Waals surface area contributed by atoms with Crippen molar-refractivity contribution in [2.45, 2.75) is 31.9 Å². The molecule has 1 aliphatic carbocycles. The Balaban J connectivity index is 0.000000297. The second-order valence-electron chi connectivity index (χ2n) is 4.97. The lowest BCUT2D eigenvalue weighted by Crippen LogP contribution is -2.19. The summed E-state index contributed by atoms with van der Waals surface area (Å²) in [6.07, 6.45) is 4.49. The topological polar surface area (TPSA) is 38.8 Å². The molecule has 2 aliphatic rings. The average molecular weight is 263 g/mol. The molecule has 0 amide bonds. The van der Waals surface area contributed by atoms with Crippen molar-refractivity contribution in [3.05, 3.63) is 35.9 Å². The standard InChI is InChI=1S/C13H17NO.C2H4O2/c1-2-5-11(6-3-1)9-14-10-12-7-4-8-13(12)15-14;1-4-2-3/h1-3,5-6,12-13H,4,7-10H2;2H,1H3/t12-,13-;/m1./s1. The molecule has 1 aromatic rings. The number of carbonyl (C=O) groups excluding carboxylic acids is 1. The third kappa shape index (κ3) is 4.04. The molecule has 0 aromatic heterocycles. The number of ether oxygens (including phenoxy) is 1. The minimum Gasteiger partial charge on any atom is -0.471 e. The minimum absolute atomic E-state index is 0.375. The van der Waals surface area contributed by atoms with Gasteiger partial charge in [0.15, 0.2) is 0 Å². The summed E-state index contributed by atoms with van der Waals surface area (Å²) in [5.41, 5.74) is 1.34. The molecule has 3 rings (SSSR count). The van der Waals surface area contributed by atoms with Gasteiger partial charge in [0.2, 0.25) is 0 Å². The summed E-state index contributed by atoms with van der Waals surface area (Å²) >= 11 is 0. The van der Waals surface area contributed by atoms with Crippen molar-refractivity contribution in [2.75, 3.05) is 13.7 Å². The first-order chi connectivity index (χ1) is 9.33. The molecule has 1 saturated heterocycles. The van der Waals surface area contributed by atoms with Crippen molar-refractivity contribution >= 4 is 6.47 Å². The van der Waals surface area contributed by atoms with E-state index < -0.39 is 0 Å². The molecule has 1 aromatic carbocycles. The number of benzene rings is 1. The molecule has 4 nitrogen and oxygen atoms in total. The zero-order valence-corrected chi connectivity index (χ0v) is 11.3. The summed E-state index contributed by atoms with van der Waals surface area (Å²) in [7, 11) is 1.31. The van der Waals surface area contributed by atoms with Crippen LogP contribution in [0, 0.1) is 5.92 Å². The Morgan fingerprint density at radius 2 is 2.11 bits per heavy atom. The van der Waals surface area contributed by atoms with E-state index in [4.69, 9.17) is 9.63 Å². The normalized spacial score (nSPS) is 25.3. The molecule has 1 saturated carbocycles. The molecule has 0 spiro atoms. The first-order valence-corrected chi connectivity index (χ1v) is 6.75. The van der Waals surface area contributed by atoms with Gasteiger partial charge in [-0.25, -0.2) is 0 Å². The van der Waals surface area contributed by atoms with Gasteiger partial charge in [-0.2, -0.15) is 5.06 Å². The molecule has 0 unspecified atom stereocenters. The minimum atomic E-state index is 0.375. The largest absolute Gasteiger partial charge is 0.471 e. The zero-order chi connectivity index (χ0) is 13.5. The van der Waals surface area contributed by atoms with Crippen LogP contribution < -0.4 is 0 Å². The van der Waals surface area contributed by atoms with Crippen molar-refractivity contribution in [1.29, 1.82) is 0 Å². The number of carbonyl (C=O) groups is 1. The number of methoxy groups -OCH3 is 1. The van der Waals surface area contributed by atoms with Crippen molar-refractivity contribution < 1.29 is 14.4 Å². The third-order valence-electron chi connectivity index (χ3n) is 3.61. The van der Waals surface area contributed by atoms with Crippen LogP contribution in [0.2, 0.25) is 0 Å². The van der Waals surface area contributed by atoms with Crippen LogP contribution in [0.1, 0.15) is 24.8 Å². The summed E-state index contributed by atoms with van der Waals surface area (Å²) in [4.78, 5) is 14.9. The molecule has 4 heteroatoms. The highest BCUT2D eigenvalue weighted by Crippen LogP contribution is 2.35. The molecule has 1 heterocycles. The van der Waals surface area contributed by atoms with Crippen LogP contribution in [0.25, 0.3) is 0 Å². The highest BCUT2D eigenvalue weighted by Gasteiger charge is 2.37. The summed E-state index contributed by atoms with van der Waals surface area (Å²) in [6.45, 7) is 2.44. The van der Waals surface area contributed by atoms with Gasteiger partial charge in [-0.05, 0) is 18.4 Å². The van der Waals surface area contributed by atoms with Crippen molar-refractivity contribution in [3.8, 4) is 0 Å². The number of rotatable bonds is 3. The molecule has 0 radical (unpaired) electrons. The predicted octanol–water partition coefficient (Wildman–Crippen LogP) is 2.39. The lowest BCUT2D eigenvalue weighted by atomic mass is 10.1. The van der Waals surface area contributed by atoms with E-state index in [2.05, 4.69) is 40.1 Å². The summed E-state index contributed by atoms with van der Waals surface area (Å²) < 4.78 is 3.86. The van der Waals surface area contributed by atoms with Gasteiger partial charge < -0.3 is 4.74 Å².